The highest BCUT2D eigenvalue weighted by atomic mass is 16.7. The largest absolute Gasteiger partial charge is 0.480 e. The van der Waals surface area contributed by atoms with E-state index in [1.54, 1.807) is 13.8 Å². The molecule has 0 aliphatic carbocycles. The number of esters is 1. The van der Waals surface area contributed by atoms with Gasteiger partial charge in [-0.3, -0.25) is 4.79 Å². The summed E-state index contributed by atoms with van der Waals surface area (Å²) in [5, 5.41) is 11.7. The molecule has 7 heteroatoms. The molecule has 0 saturated carbocycles. The minimum Gasteiger partial charge on any atom is -0.480 e. The molecule has 23 heavy (non-hydrogen) atoms. The first-order valence-electron chi connectivity index (χ1n) is 7.69. The van der Waals surface area contributed by atoms with Gasteiger partial charge in [0.05, 0.1) is 5.92 Å². The molecule has 0 bridgehead atoms. The fraction of sp³-hybridized carbons (Fsp3) is 0.812. The van der Waals surface area contributed by atoms with Crippen molar-refractivity contribution in [2.24, 2.45) is 11.3 Å². The van der Waals surface area contributed by atoms with Gasteiger partial charge in [0.25, 0.3) is 0 Å². The Morgan fingerprint density at radius 2 is 1.52 bits per heavy atom. The van der Waals surface area contributed by atoms with Crippen LogP contribution in [0.2, 0.25) is 0 Å². The van der Waals surface area contributed by atoms with Gasteiger partial charge in [-0.1, -0.05) is 34.6 Å². The molecule has 0 aliphatic heterocycles. The van der Waals surface area contributed by atoms with Gasteiger partial charge in [0.1, 0.15) is 5.54 Å². The van der Waals surface area contributed by atoms with Gasteiger partial charge in [0.15, 0.2) is 0 Å². The minimum absolute atomic E-state index is 0.0671. The van der Waals surface area contributed by atoms with Crippen molar-refractivity contribution in [1.29, 1.82) is 0 Å². The van der Waals surface area contributed by atoms with Gasteiger partial charge < -0.3 is 19.9 Å². The average molecular weight is 331 g/mol. The van der Waals surface area contributed by atoms with E-state index < -0.39 is 29.9 Å². The maximum absolute atomic E-state index is 11.9. The van der Waals surface area contributed by atoms with Crippen molar-refractivity contribution in [3.8, 4) is 0 Å². The second-order valence-corrected chi connectivity index (χ2v) is 7.39. The Labute approximate surface area is 137 Å². The normalized spacial score (nSPS) is 15.5. The third-order valence-electron chi connectivity index (χ3n) is 3.25. The van der Waals surface area contributed by atoms with Gasteiger partial charge in [-0.05, 0) is 25.2 Å². The number of carboxylic acids is 1. The fourth-order valence-corrected chi connectivity index (χ4v) is 1.58. The molecule has 0 aromatic carbocycles. The third kappa shape index (κ3) is 8.42. The zero-order valence-electron chi connectivity index (χ0n) is 15.1. The van der Waals surface area contributed by atoms with E-state index in [0.717, 1.165) is 0 Å². The Morgan fingerprint density at radius 1 is 1.00 bits per heavy atom. The zero-order valence-corrected chi connectivity index (χ0v) is 15.1. The van der Waals surface area contributed by atoms with E-state index >= 15 is 0 Å². The molecule has 0 aromatic rings. The van der Waals surface area contributed by atoms with Crippen LogP contribution in [0.5, 0.6) is 0 Å². The Hall–Kier alpha value is -1.79. The number of amides is 1. The number of carboxylic acid groups (broad SMARTS) is 1. The first-order valence-corrected chi connectivity index (χ1v) is 7.69. The number of ether oxygens (including phenoxy) is 2. The SMILES string of the molecule is CC(C)C(=O)O[C@@H](C)OC(=O)N[C@@](C)(CCC(C)(C)C)C(=O)O. The molecule has 0 aromatic heterocycles. The van der Waals surface area contributed by atoms with Crippen molar-refractivity contribution in [3.05, 3.63) is 0 Å². The lowest BCUT2D eigenvalue weighted by molar-refractivity contribution is -0.169. The number of carbonyl (C=O) groups excluding carboxylic acids is 2. The Balaban J connectivity index is 4.67. The van der Waals surface area contributed by atoms with Gasteiger partial charge in [-0.2, -0.15) is 0 Å². The molecule has 7 nitrogen and oxygen atoms in total. The Bertz CT molecular complexity index is 440. The summed E-state index contributed by atoms with van der Waals surface area (Å²) in [6.45, 7) is 12.1. The van der Waals surface area contributed by atoms with E-state index in [-0.39, 0.29) is 17.8 Å². The molecule has 0 spiro atoms. The van der Waals surface area contributed by atoms with E-state index in [1.165, 1.54) is 13.8 Å². The number of alkyl carbamates (subject to hydrolysis) is 1. The van der Waals surface area contributed by atoms with Crippen molar-refractivity contribution >= 4 is 18.0 Å². The third-order valence-corrected chi connectivity index (χ3v) is 3.25. The fourth-order valence-electron chi connectivity index (χ4n) is 1.58. The lowest BCUT2D eigenvalue weighted by Crippen LogP contribution is -2.53. The van der Waals surface area contributed by atoms with Crippen molar-refractivity contribution in [2.45, 2.75) is 73.1 Å². The number of hydrogen-bond acceptors (Lipinski definition) is 5. The van der Waals surface area contributed by atoms with Gasteiger partial charge >= 0.3 is 18.0 Å². The molecule has 0 saturated heterocycles. The summed E-state index contributed by atoms with van der Waals surface area (Å²) < 4.78 is 9.79. The van der Waals surface area contributed by atoms with Crippen LogP contribution in [0.25, 0.3) is 0 Å². The Morgan fingerprint density at radius 3 is 1.91 bits per heavy atom. The summed E-state index contributed by atoms with van der Waals surface area (Å²) in [4.78, 5) is 34.7. The molecular weight excluding hydrogens is 302 g/mol. The van der Waals surface area contributed by atoms with Crippen LogP contribution in [-0.2, 0) is 19.1 Å². The highest BCUT2D eigenvalue weighted by Gasteiger charge is 2.36. The number of carbonyl (C=O) groups is 3. The van der Waals surface area contributed by atoms with E-state index in [4.69, 9.17) is 9.47 Å². The van der Waals surface area contributed by atoms with Crippen molar-refractivity contribution in [2.75, 3.05) is 0 Å². The second kappa shape index (κ2) is 8.17. The van der Waals surface area contributed by atoms with Crippen LogP contribution in [0.1, 0.15) is 61.3 Å². The topological polar surface area (TPSA) is 102 Å². The first-order chi connectivity index (χ1) is 10.3. The number of aliphatic carboxylic acids is 1. The standard InChI is InChI=1S/C16H29NO6/c1-10(2)12(18)22-11(3)23-14(21)17-16(7,13(19)20)9-8-15(4,5)6/h10-11H,8-9H2,1-7H3,(H,17,21)(H,19,20)/t11-,16+/m1/s1. The molecule has 0 aliphatic rings. The van der Waals surface area contributed by atoms with Crippen LogP contribution in [-0.4, -0.2) is 35.0 Å². The van der Waals surface area contributed by atoms with Crippen LogP contribution in [0.4, 0.5) is 4.79 Å². The first kappa shape index (κ1) is 21.2. The molecular formula is C16H29NO6. The van der Waals surface area contributed by atoms with Crippen molar-refractivity contribution in [1.82, 2.24) is 5.32 Å². The molecule has 0 radical (unpaired) electrons. The second-order valence-electron chi connectivity index (χ2n) is 7.39. The molecule has 2 N–H and O–H groups in total. The molecule has 0 heterocycles. The molecule has 0 unspecified atom stereocenters. The van der Waals surface area contributed by atoms with E-state index in [2.05, 4.69) is 5.32 Å². The number of rotatable bonds is 7. The molecule has 1 amide bonds. The van der Waals surface area contributed by atoms with Crippen molar-refractivity contribution < 1.29 is 29.0 Å². The average Bonchev–Trinajstić information content (AvgIpc) is 2.34. The molecule has 134 valence electrons. The zero-order chi connectivity index (χ0) is 18.4. The van der Waals surface area contributed by atoms with Crippen LogP contribution in [0.15, 0.2) is 0 Å². The highest BCUT2D eigenvalue weighted by molar-refractivity contribution is 5.83. The highest BCUT2D eigenvalue weighted by Crippen LogP contribution is 2.26. The smallest absolute Gasteiger partial charge is 0.411 e. The summed E-state index contributed by atoms with van der Waals surface area (Å²) in [6.07, 6.45) is -1.17. The molecule has 0 rings (SSSR count). The van der Waals surface area contributed by atoms with Crippen LogP contribution < -0.4 is 5.32 Å². The van der Waals surface area contributed by atoms with Gasteiger partial charge in [-0.25, -0.2) is 9.59 Å². The maximum Gasteiger partial charge on any atom is 0.411 e. The summed E-state index contributed by atoms with van der Waals surface area (Å²) in [6, 6.07) is 0. The predicted molar refractivity (Wildman–Crippen MR) is 84.7 cm³/mol. The lowest BCUT2D eigenvalue weighted by atomic mass is 9.84. The van der Waals surface area contributed by atoms with Crippen LogP contribution in [0, 0.1) is 11.3 Å². The quantitative estimate of drug-likeness (QED) is 0.549. The monoisotopic (exact) mass is 331 g/mol. The number of hydrogen-bond donors (Lipinski definition) is 2. The Kier molecular flexibility index (Phi) is 7.54. The van der Waals surface area contributed by atoms with Gasteiger partial charge in [-0.15, -0.1) is 0 Å². The summed E-state index contributed by atoms with van der Waals surface area (Å²) in [5.74, 6) is -2.00. The van der Waals surface area contributed by atoms with E-state index in [1.807, 2.05) is 20.8 Å². The van der Waals surface area contributed by atoms with Crippen molar-refractivity contribution in [3.63, 3.8) is 0 Å². The summed E-state index contributed by atoms with van der Waals surface area (Å²) >= 11 is 0. The molecule has 0 fully saturated rings. The van der Waals surface area contributed by atoms with Gasteiger partial charge in [0.2, 0.25) is 6.29 Å². The van der Waals surface area contributed by atoms with Crippen LogP contribution >= 0.6 is 0 Å². The predicted octanol–water partition coefficient (Wildman–Crippen LogP) is 2.93. The van der Waals surface area contributed by atoms with E-state index in [9.17, 15) is 19.5 Å². The van der Waals surface area contributed by atoms with Crippen LogP contribution in [0.3, 0.4) is 0 Å². The van der Waals surface area contributed by atoms with E-state index in [0.29, 0.717) is 6.42 Å². The summed E-state index contributed by atoms with van der Waals surface area (Å²) in [7, 11) is 0. The minimum atomic E-state index is -1.45. The van der Waals surface area contributed by atoms with Gasteiger partial charge in [0, 0.05) is 6.92 Å². The molecule has 2 atom stereocenters. The maximum atomic E-state index is 11.9. The number of nitrogens with one attached hydrogen (secondary N) is 1. The lowest BCUT2D eigenvalue weighted by Gasteiger charge is -2.29. The summed E-state index contributed by atoms with van der Waals surface area (Å²) in [5.41, 5.74) is -1.52.